The zero-order valence-corrected chi connectivity index (χ0v) is 9.54. The lowest BCUT2D eigenvalue weighted by Gasteiger charge is -2.07. The summed E-state index contributed by atoms with van der Waals surface area (Å²) in [4.78, 5) is 11.6. The van der Waals surface area contributed by atoms with E-state index in [1.807, 2.05) is 0 Å². The molecule has 1 amide bonds. The van der Waals surface area contributed by atoms with Gasteiger partial charge in [0.25, 0.3) is 5.91 Å². The molecule has 86 valence electrons. The molecule has 0 atom stereocenters. The average Bonchev–Trinajstić information content (AvgIpc) is 2.26. The zero-order chi connectivity index (χ0) is 12.1. The summed E-state index contributed by atoms with van der Waals surface area (Å²) in [6.45, 7) is 3.59. The standard InChI is InChI=1S/C11H12ClNO3/c1-7(12)6-13-11(15)9-5-8(16-2)3-4-10(9)14/h3-5,14H,1,6H2,2H3,(H,13,15). The first-order chi connectivity index (χ1) is 7.54. The quantitative estimate of drug-likeness (QED) is 0.846. The molecule has 0 radical (unpaired) electrons. The molecule has 0 spiro atoms. The van der Waals surface area contributed by atoms with Crippen molar-refractivity contribution in [1.29, 1.82) is 0 Å². The Bertz CT molecular complexity index is 418. The molecule has 1 aromatic rings. The Morgan fingerprint density at radius 2 is 2.31 bits per heavy atom. The number of nitrogens with one attached hydrogen (secondary N) is 1. The van der Waals surface area contributed by atoms with Crippen molar-refractivity contribution in [2.24, 2.45) is 0 Å². The molecule has 0 fully saturated rings. The summed E-state index contributed by atoms with van der Waals surface area (Å²) in [5, 5.41) is 12.3. The van der Waals surface area contributed by atoms with Gasteiger partial charge in [0, 0.05) is 5.03 Å². The van der Waals surface area contributed by atoms with E-state index in [4.69, 9.17) is 16.3 Å². The van der Waals surface area contributed by atoms with Gasteiger partial charge in [0.1, 0.15) is 11.5 Å². The lowest BCUT2D eigenvalue weighted by molar-refractivity contribution is 0.0954. The van der Waals surface area contributed by atoms with Gasteiger partial charge in [-0.05, 0) is 18.2 Å². The molecule has 0 aromatic heterocycles. The topological polar surface area (TPSA) is 58.6 Å². The SMILES string of the molecule is C=C(Cl)CNC(=O)c1cc(OC)ccc1O. The highest BCUT2D eigenvalue weighted by Gasteiger charge is 2.11. The van der Waals surface area contributed by atoms with Crippen LogP contribution >= 0.6 is 11.6 Å². The molecule has 5 heteroatoms. The third kappa shape index (κ3) is 3.17. The highest BCUT2D eigenvalue weighted by molar-refractivity contribution is 6.29. The van der Waals surface area contributed by atoms with Gasteiger partial charge in [0.05, 0.1) is 19.2 Å². The Labute approximate surface area is 98.5 Å². The molecule has 2 N–H and O–H groups in total. The summed E-state index contributed by atoms with van der Waals surface area (Å²) in [6.07, 6.45) is 0. The summed E-state index contributed by atoms with van der Waals surface area (Å²) in [7, 11) is 1.48. The Kier molecular flexibility index (Phi) is 4.19. The number of hydrogen-bond acceptors (Lipinski definition) is 3. The number of carbonyl (C=O) groups is 1. The summed E-state index contributed by atoms with van der Waals surface area (Å²) in [6, 6.07) is 4.40. The number of aromatic hydroxyl groups is 1. The summed E-state index contributed by atoms with van der Waals surface area (Å²) in [5.74, 6) is -0.0515. The fourth-order valence-corrected chi connectivity index (χ4v) is 1.16. The van der Waals surface area contributed by atoms with Crippen LogP contribution in [0.25, 0.3) is 0 Å². The predicted octanol–water partition coefficient (Wildman–Crippen LogP) is 1.88. The van der Waals surface area contributed by atoms with E-state index in [-0.39, 0.29) is 17.9 Å². The fraction of sp³-hybridized carbons (Fsp3) is 0.182. The van der Waals surface area contributed by atoms with E-state index in [0.717, 1.165) is 0 Å². The number of halogens is 1. The minimum atomic E-state index is -0.432. The maximum absolute atomic E-state index is 11.6. The van der Waals surface area contributed by atoms with Crippen LogP contribution in [0.2, 0.25) is 0 Å². The predicted molar refractivity (Wildman–Crippen MR) is 62.0 cm³/mol. The van der Waals surface area contributed by atoms with Gasteiger partial charge in [0.15, 0.2) is 0 Å². The van der Waals surface area contributed by atoms with Crippen LogP contribution in [-0.2, 0) is 0 Å². The highest BCUT2D eigenvalue weighted by Crippen LogP contribution is 2.22. The van der Waals surface area contributed by atoms with Gasteiger partial charge in [-0.3, -0.25) is 4.79 Å². The molecular formula is C11H12ClNO3. The van der Waals surface area contributed by atoms with Crippen molar-refractivity contribution in [2.75, 3.05) is 13.7 Å². The zero-order valence-electron chi connectivity index (χ0n) is 8.79. The number of methoxy groups -OCH3 is 1. The van der Waals surface area contributed by atoms with Crippen molar-refractivity contribution in [3.63, 3.8) is 0 Å². The minimum Gasteiger partial charge on any atom is -0.507 e. The fourth-order valence-electron chi connectivity index (χ4n) is 1.10. The van der Waals surface area contributed by atoms with Crippen LogP contribution in [0.15, 0.2) is 29.8 Å². The molecule has 0 unspecified atom stereocenters. The Balaban J connectivity index is 2.85. The van der Waals surface area contributed by atoms with Crippen molar-refractivity contribution in [2.45, 2.75) is 0 Å². The lowest BCUT2D eigenvalue weighted by atomic mass is 10.2. The second kappa shape index (κ2) is 5.42. The first kappa shape index (κ1) is 12.4. The van der Waals surface area contributed by atoms with Crippen LogP contribution in [-0.4, -0.2) is 24.7 Å². The number of carbonyl (C=O) groups excluding carboxylic acids is 1. The maximum atomic E-state index is 11.6. The van der Waals surface area contributed by atoms with E-state index in [2.05, 4.69) is 11.9 Å². The van der Waals surface area contributed by atoms with Gasteiger partial charge in [-0.1, -0.05) is 18.2 Å². The second-order valence-corrected chi connectivity index (χ2v) is 3.62. The van der Waals surface area contributed by atoms with Gasteiger partial charge >= 0.3 is 0 Å². The van der Waals surface area contributed by atoms with Gasteiger partial charge < -0.3 is 15.2 Å². The Morgan fingerprint density at radius 1 is 1.62 bits per heavy atom. The summed E-state index contributed by atoms with van der Waals surface area (Å²) in [5.41, 5.74) is 0.136. The van der Waals surface area contributed by atoms with Crippen LogP contribution in [0, 0.1) is 0 Å². The molecular weight excluding hydrogens is 230 g/mol. The Morgan fingerprint density at radius 3 is 2.88 bits per heavy atom. The number of phenols is 1. The first-order valence-corrected chi connectivity index (χ1v) is 4.91. The van der Waals surface area contributed by atoms with E-state index in [0.29, 0.717) is 10.8 Å². The van der Waals surface area contributed by atoms with E-state index in [1.165, 1.54) is 19.2 Å². The van der Waals surface area contributed by atoms with E-state index in [1.54, 1.807) is 6.07 Å². The summed E-state index contributed by atoms with van der Waals surface area (Å²) >= 11 is 5.51. The molecule has 0 aliphatic heterocycles. The van der Waals surface area contributed by atoms with Gasteiger partial charge in [-0.25, -0.2) is 0 Å². The van der Waals surface area contributed by atoms with Crippen molar-refractivity contribution in [3.05, 3.63) is 35.4 Å². The molecule has 0 aliphatic rings. The van der Waals surface area contributed by atoms with Crippen molar-refractivity contribution in [1.82, 2.24) is 5.32 Å². The molecule has 0 heterocycles. The summed E-state index contributed by atoms with van der Waals surface area (Å²) < 4.78 is 4.95. The van der Waals surface area contributed by atoms with Crippen molar-refractivity contribution in [3.8, 4) is 11.5 Å². The average molecular weight is 242 g/mol. The maximum Gasteiger partial charge on any atom is 0.255 e. The van der Waals surface area contributed by atoms with Crippen LogP contribution in [0.5, 0.6) is 11.5 Å². The van der Waals surface area contributed by atoms with E-state index in [9.17, 15) is 9.90 Å². The number of phenolic OH excluding ortho intramolecular Hbond substituents is 1. The molecule has 0 saturated heterocycles. The molecule has 1 aromatic carbocycles. The number of rotatable bonds is 4. The Hall–Kier alpha value is -1.68. The van der Waals surface area contributed by atoms with Crippen LogP contribution in [0.4, 0.5) is 0 Å². The van der Waals surface area contributed by atoms with Gasteiger partial charge in [-0.15, -0.1) is 0 Å². The molecule has 4 nitrogen and oxygen atoms in total. The molecule has 16 heavy (non-hydrogen) atoms. The monoisotopic (exact) mass is 241 g/mol. The lowest BCUT2D eigenvalue weighted by Crippen LogP contribution is -2.24. The van der Waals surface area contributed by atoms with Gasteiger partial charge in [0.2, 0.25) is 0 Å². The largest absolute Gasteiger partial charge is 0.507 e. The highest BCUT2D eigenvalue weighted by atomic mass is 35.5. The third-order valence-corrected chi connectivity index (χ3v) is 2.02. The smallest absolute Gasteiger partial charge is 0.255 e. The number of benzene rings is 1. The van der Waals surface area contributed by atoms with Crippen LogP contribution in [0.1, 0.15) is 10.4 Å². The van der Waals surface area contributed by atoms with Crippen molar-refractivity contribution < 1.29 is 14.6 Å². The van der Waals surface area contributed by atoms with Gasteiger partial charge in [-0.2, -0.15) is 0 Å². The van der Waals surface area contributed by atoms with Crippen LogP contribution < -0.4 is 10.1 Å². The number of amides is 1. The molecule has 0 bridgehead atoms. The van der Waals surface area contributed by atoms with Crippen LogP contribution in [0.3, 0.4) is 0 Å². The first-order valence-electron chi connectivity index (χ1n) is 4.53. The van der Waals surface area contributed by atoms with E-state index < -0.39 is 5.91 Å². The van der Waals surface area contributed by atoms with Crippen molar-refractivity contribution >= 4 is 17.5 Å². The number of hydrogen-bond donors (Lipinski definition) is 2. The number of ether oxygens (including phenoxy) is 1. The molecule has 1 rings (SSSR count). The molecule has 0 aliphatic carbocycles. The second-order valence-electron chi connectivity index (χ2n) is 3.08. The van der Waals surface area contributed by atoms with E-state index >= 15 is 0 Å². The molecule has 0 saturated carbocycles. The normalized spacial score (nSPS) is 9.62. The third-order valence-electron chi connectivity index (χ3n) is 1.89. The minimum absolute atomic E-state index is 0.113.